The fourth-order valence-electron chi connectivity index (χ4n) is 2.41. The van der Waals surface area contributed by atoms with Gasteiger partial charge in [-0.25, -0.2) is 0 Å². The minimum absolute atomic E-state index is 0.346. The lowest BCUT2D eigenvalue weighted by molar-refractivity contribution is 0.394. The van der Waals surface area contributed by atoms with Gasteiger partial charge in [-0.05, 0) is 42.9 Å². The molecule has 0 bridgehead atoms. The van der Waals surface area contributed by atoms with Crippen molar-refractivity contribution in [2.24, 2.45) is 5.41 Å². The van der Waals surface area contributed by atoms with Gasteiger partial charge in [0.25, 0.3) is 0 Å². The highest BCUT2D eigenvalue weighted by Gasteiger charge is 2.20. The maximum Gasteiger partial charge on any atom is 0.0202 e. The summed E-state index contributed by atoms with van der Waals surface area (Å²) >= 11 is 0. The molecule has 1 atom stereocenters. The largest absolute Gasteiger partial charge is 0.316 e. The topological polar surface area (TPSA) is 12.0 Å². The van der Waals surface area contributed by atoms with Crippen LogP contribution in [0.15, 0.2) is 48.6 Å². The van der Waals surface area contributed by atoms with Crippen molar-refractivity contribution in [1.82, 2.24) is 5.32 Å². The van der Waals surface area contributed by atoms with Gasteiger partial charge in [0.05, 0.1) is 0 Å². The van der Waals surface area contributed by atoms with E-state index in [0.29, 0.717) is 5.41 Å². The molecule has 1 aliphatic rings. The molecule has 1 aromatic carbocycles. The van der Waals surface area contributed by atoms with Gasteiger partial charge in [-0.3, -0.25) is 0 Å². The van der Waals surface area contributed by atoms with Crippen molar-refractivity contribution in [2.45, 2.75) is 32.7 Å². The van der Waals surface area contributed by atoms with Gasteiger partial charge in [0, 0.05) is 6.54 Å². The van der Waals surface area contributed by atoms with Gasteiger partial charge in [-0.15, -0.1) is 0 Å². The molecule has 1 N–H and O–H groups in total. The summed E-state index contributed by atoms with van der Waals surface area (Å²) in [7, 11) is 1.98. The third kappa shape index (κ3) is 3.58. The van der Waals surface area contributed by atoms with Gasteiger partial charge in [0.1, 0.15) is 0 Å². The van der Waals surface area contributed by atoms with E-state index >= 15 is 0 Å². The van der Waals surface area contributed by atoms with Gasteiger partial charge in [-0.1, -0.05) is 55.5 Å². The van der Waals surface area contributed by atoms with Gasteiger partial charge >= 0.3 is 0 Å². The maximum absolute atomic E-state index is 3.18. The summed E-state index contributed by atoms with van der Waals surface area (Å²) in [4.78, 5) is 0. The second-order valence-electron chi connectivity index (χ2n) is 5.49. The van der Waals surface area contributed by atoms with E-state index in [4.69, 9.17) is 0 Å². The van der Waals surface area contributed by atoms with E-state index in [1.54, 1.807) is 0 Å². The number of nitrogens with one attached hydrogen (secondary N) is 1. The molecular formula is C17H23N. The molecule has 18 heavy (non-hydrogen) atoms. The van der Waals surface area contributed by atoms with Gasteiger partial charge in [0.15, 0.2) is 0 Å². The minimum Gasteiger partial charge on any atom is -0.316 e. The molecule has 1 aromatic rings. The second kappa shape index (κ2) is 6.01. The summed E-state index contributed by atoms with van der Waals surface area (Å²) in [5.41, 5.74) is 3.14. The predicted octanol–water partition coefficient (Wildman–Crippen LogP) is 3.86. The van der Waals surface area contributed by atoms with E-state index in [1.165, 1.54) is 24.0 Å². The third-order valence-electron chi connectivity index (χ3n) is 3.72. The first-order valence-corrected chi connectivity index (χ1v) is 6.79. The summed E-state index contributed by atoms with van der Waals surface area (Å²) in [6.07, 6.45) is 12.5. The molecule has 0 aliphatic heterocycles. The van der Waals surface area contributed by atoms with Crippen molar-refractivity contribution < 1.29 is 0 Å². The number of hydrogen-bond acceptors (Lipinski definition) is 1. The highest BCUT2D eigenvalue weighted by molar-refractivity contribution is 5.23. The average Bonchev–Trinajstić information content (AvgIpc) is 2.39. The van der Waals surface area contributed by atoms with E-state index in [9.17, 15) is 0 Å². The van der Waals surface area contributed by atoms with Gasteiger partial charge in [-0.2, -0.15) is 0 Å². The van der Waals surface area contributed by atoms with Crippen LogP contribution in [-0.4, -0.2) is 7.05 Å². The second-order valence-corrected chi connectivity index (χ2v) is 5.49. The Balaban J connectivity index is 1.90. The Morgan fingerprint density at radius 2 is 1.83 bits per heavy atom. The molecule has 2 rings (SSSR count). The normalized spacial score (nSPS) is 22.3. The van der Waals surface area contributed by atoms with Crippen LogP contribution in [0.5, 0.6) is 0 Å². The number of benzene rings is 1. The van der Waals surface area contributed by atoms with E-state index < -0.39 is 0 Å². The third-order valence-corrected chi connectivity index (χ3v) is 3.72. The van der Waals surface area contributed by atoms with Crippen LogP contribution in [0.4, 0.5) is 0 Å². The summed E-state index contributed by atoms with van der Waals surface area (Å²) < 4.78 is 0. The lowest BCUT2D eigenvalue weighted by Crippen LogP contribution is -2.14. The molecule has 1 aliphatic carbocycles. The quantitative estimate of drug-likeness (QED) is 0.825. The first-order valence-electron chi connectivity index (χ1n) is 6.79. The Hall–Kier alpha value is -1.34. The fraction of sp³-hybridized carbons (Fsp3) is 0.412. The van der Waals surface area contributed by atoms with Crippen LogP contribution in [0.3, 0.4) is 0 Å². The molecule has 0 heterocycles. The lowest BCUT2D eigenvalue weighted by atomic mass is 9.79. The SMILES string of the molecule is CNCc1ccc(CCC2(C)C=CC=CC2)cc1. The zero-order valence-electron chi connectivity index (χ0n) is 11.4. The van der Waals surface area contributed by atoms with Crippen LogP contribution >= 0.6 is 0 Å². The molecule has 0 aromatic heterocycles. The number of aryl methyl sites for hydroxylation is 1. The smallest absolute Gasteiger partial charge is 0.0202 e. The zero-order valence-corrected chi connectivity index (χ0v) is 11.4. The molecule has 0 spiro atoms. The van der Waals surface area contributed by atoms with Crippen molar-refractivity contribution in [3.63, 3.8) is 0 Å². The van der Waals surface area contributed by atoms with Crippen molar-refractivity contribution in [2.75, 3.05) is 7.05 Å². The van der Waals surface area contributed by atoms with Gasteiger partial charge < -0.3 is 5.32 Å². The summed E-state index contributed by atoms with van der Waals surface area (Å²) in [5, 5.41) is 3.18. The summed E-state index contributed by atoms with van der Waals surface area (Å²) in [5.74, 6) is 0. The Bertz CT molecular complexity index is 427. The number of hydrogen-bond donors (Lipinski definition) is 1. The standard InChI is InChI=1S/C17H23N/c1-17(11-4-3-5-12-17)13-10-15-6-8-16(9-7-15)14-18-2/h3-9,11,18H,10,12-14H2,1-2H3. The molecule has 0 amide bonds. The fourth-order valence-corrected chi connectivity index (χ4v) is 2.41. The van der Waals surface area contributed by atoms with Crippen LogP contribution in [0.25, 0.3) is 0 Å². The molecule has 1 nitrogen and oxygen atoms in total. The molecule has 1 heteroatoms. The molecular weight excluding hydrogens is 218 g/mol. The Kier molecular flexibility index (Phi) is 4.38. The molecule has 0 radical (unpaired) electrons. The van der Waals surface area contributed by atoms with Gasteiger partial charge in [0.2, 0.25) is 0 Å². The Morgan fingerprint density at radius 1 is 1.11 bits per heavy atom. The van der Waals surface area contributed by atoms with E-state index in [2.05, 4.69) is 60.8 Å². The first-order chi connectivity index (χ1) is 8.72. The van der Waals surface area contributed by atoms with Crippen molar-refractivity contribution in [1.29, 1.82) is 0 Å². The van der Waals surface area contributed by atoms with Crippen molar-refractivity contribution in [3.8, 4) is 0 Å². The van der Waals surface area contributed by atoms with Crippen molar-refractivity contribution in [3.05, 3.63) is 59.7 Å². The zero-order chi connectivity index (χ0) is 12.8. The summed E-state index contributed by atoms with van der Waals surface area (Å²) in [6, 6.07) is 8.98. The number of allylic oxidation sites excluding steroid dienone is 4. The Labute approximate surface area is 111 Å². The highest BCUT2D eigenvalue weighted by atomic mass is 14.8. The predicted molar refractivity (Wildman–Crippen MR) is 78.5 cm³/mol. The van der Waals surface area contributed by atoms with Crippen LogP contribution in [0.1, 0.15) is 30.9 Å². The Morgan fingerprint density at radius 3 is 2.44 bits per heavy atom. The van der Waals surface area contributed by atoms with Crippen LogP contribution < -0.4 is 5.32 Å². The van der Waals surface area contributed by atoms with E-state index in [-0.39, 0.29) is 0 Å². The molecule has 0 saturated carbocycles. The van der Waals surface area contributed by atoms with Crippen LogP contribution in [0.2, 0.25) is 0 Å². The van der Waals surface area contributed by atoms with E-state index in [0.717, 1.165) is 13.0 Å². The van der Waals surface area contributed by atoms with Crippen LogP contribution in [-0.2, 0) is 13.0 Å². The summed E-state index contributed by atoms with van der Waals surface area (Å²) in [6.45, 7) is 3.30. The van der Waals surface area contributed by atoms with Crippen molar-refractivity contribution >= 4 is 0 Å². The molecule has 0 fully saturated rings. The minimum atomic E-state index is 0.346. The molecule has 96 valence electrons. The van der Waals surface area contributed by atoms with E-state index in [1.807, 2.05) is 7.05 Å². The first kappa shape index (κ1) is 13.1. The highest BCUT2D eigenvalue weighted by Crippen LogP contribution is 2.32. The average molecular weight is 241 g/mol. The molecule has 0 saturated heterocycles. The maximum atomic E-state index is 3.18. The monoisotopic (exact) mass is 241 g/mol. The van der Waals surface area contributed by atoms with Crippen LogP contribution in [0, 0.1) is 5.41 Å². The number of rotatable bonds is 5. The molecule has 1 unspecified atom stereocenters. The lowest BCUT2D eigenvalue weighted by Gasteiger charge is -2.26.